The predicted octanol–water partition coefficient (Wildman–Crippen LogP) is 5.45. The molecule has 1 aliphatic rings. The van der Waals surface area contributed by atoms with Crippen LogP contribution in [0.2, 0.25) is 5.02 Å². The van der Waals surface area contributed by atoms with Gasteiger partial charge in [0.2, 0.25) is 0 Å². The number of anilines is 1. The molecule has 0 atom stereocenters. The van der Waals surface area contributed by atoms with Crippen LogP contribution in [-0.4, -0.2) is 47.0 Å². The average molecular weight is 514 g/mol. The Morgan fingerprint density at radius 1 is 0.969 bits per heavy atom. The molecule has 1 fully saturated rings. The Morgan fingerprint density at radius 3 is 2.41 bits per heavy atom. The highest BCUT2D eigenvalue weighted by Gasteiger charge is 2.23. The van der Waals surface area contributed by atoms with Gasteiger partial charge in [0.05, 0.1) is 0 Å². The maximum Gasteiger partial charge on any atom is 0.253 e. The molecule has 0 unspecified atom stereocenters. The molecular formula is C25H26BrClN4O. The Kier molecular flexibility index (Phi) is 7.11. The van der Waals surface area contributed by atoms with Crippen LogP contribution in [0.4, 0.5) is 5.82 Å². The van der Waals surface area contributed by atoms with Crippen molar-refractivity contribution in [2.75, 3.05) is 31.1 Å². The van der Waals surface area contributed by atoms with Gasteiger partial charge in [-0.15, -0.1) is 0 Å². The first-order valence-corrected chi connectivity index (χ1v) is 12.0. The van der Waals surface area contributed by atoms with Crippen molar-refractivity contribution in [3.05, 3.63) is 86.2 Å². The fourth-order valence-electron chi connectivity index (χ4n) is 4.10. The number of hydrogen-bond donors (Lipinski definition) is 0. The summed E-state index contributed by atoms with van der Waals surface area (Å²) >= 11 is 9.49. The average Bonchev–Trinajstić information content (AvgIpc) is 3.03. The SMILES string of the molecule is Cc1nc(C)c(Cc2ccc(Cl)cc2)c(N2CCCN(C(=O)c3ccc(Br)cc3)CC2)n1. The number of benzene rings is 2. The lowest BCUT2D eigenvalue weighted by molar-refractivity contribution is 0.0767. The molecule has 3 aromatic rings. The minimum atomic E-state index is 0.0794. The van der Waals surface area contributed by atoms with Gasteiger partial charge in [-0.25, -0.2) is 9.97 Å². The van der Waals surface area contributed by atoms with Crippen LogP contribution in [0.1, 0.15) is 39.4 Å². The number of nitrogens with zero attached hydrogens (tertiary/aromatic N) is 4. The molecule has 1 aromatic heterocycles. The first-order valence-electron chi connectivity index (χ1n) is 10.8. The molecule has 2 heterocycles. The van der Waals surface area contributed by atoms with Crippen LogP contribution in [0.5, 0.6) is 0 Å². The van der Waals surface area contributed by atoms with Crippen LogP contribution in [0.25, 0.3) is 0 Å². The Labute approximate surface area is 202 Å². The first kappa shape index (κ1) is 22.7. The summed E-state index contributed by atoms with van der Waals surface area (Å²) in [7, 11) is 0. The lowest BCUT2D eigenvalue weighted by Crippen LogP contribution is -2.35. The van der Waals surface area contributed by atoms with Crippen LogP contribution < -0.4 is 4.90 Å². The summed E-state index contributed by atoms with van der Waals surface area (Å²) in [5, 5.41) is 0.730. The third-order valence-electron chi connectivity index (χ3n) is 5.77. The van der Waals surface area contributed by atoms with E-state index in [2.05, 4.69) is 25.8 Å². The molecule has 166 valence electrons. The van der Waals surface area contributed by atoms with Crippen molar-refractivity contribution in [1.29, 1.82) is 0 Å². The van der Waals surface area contributed by atoms with E-state index in [1.165, 1.54) is 5.56 Å². The van der Waals surface area contributed by atoms with Crippen LogP contribution in [0, 0.1) is 13.8 Å². The maximum absolute atomic E-state index is 13.0. The van der Waals surface area contributed by atoms with Gasteiger partial charge in [-0.1, -0.05) is 39.7 Å². The predicted molar refractivity (Wildman–Crippen MR) is 133 cm³/mol. The van der Waals surface area contributed by atoms with Crippen LogP contribution >= 0.6 is 27.5 Å². The van der Waals surface area contributed by atoms with E-state index >= 15 is 0 Å². The van der Waals surface area contributed by atoms with Crippen molar-refractivity contribution in [1.82, 2.24) is 14.9 Å². The third-order valence-corrected chi connectivity index (χ3v) is 6.55. The summed E-state index contributed by atoms with van der Waals surface area (Å²) in [4.78, 5) is 26.7. The van der Waals surface area contributed by atoms with Crippen LogP contribution in [0.15, 0.2) is 53.0 Å². The van der Waals surface area contributed by atoms with Gasteiger partial charge in [-0.3, -0.25) is 4.79 Å². The van der Waals surface area contributed by atoms with Crippen molar-refractivity contribution in [2.45, 2.75) is 26.7 Å². The van der Waals surface area contributed by atoms with Gasteiger partial charge in [0.25, 0.3) is 5.91 Å². The monoisotopic (exact) mass is 512 g/mol. The lowest BCUT2D eigenvalue weighted by Gasteiger charge is -2.26. The van der Waals surface area contributed by atoms with E-state index < -0.39 is 0 Å². The molecule has 0 bridgehead atoms. The second kappa shape index (κ2) is 10.0. The summed E-state index contributed by atoms with van der Waals surface area (Å²) in [6.07, 6.45) is 1.64. The smallest absolute Gasteiger partial charge is 0.253 e. The number of amides is 1. The van der Waals surface area contributed by atoms with Gasteiger partial charge >= 0.3 is 0 Å². The molecule has 1 amide bonds. The zero-order chi connectivity index (χ0) is 22.7. The Hall–Kier alpha value is -2.44. The number of carbonyl (C=O) groups is 1. The van der Waals surface area contributed by atoms with Crippen LogP contribution in [0.3, 0.4) is 0 Å². The van der Waals surface area contributed by atoms with Gasteiger partial charge in [0.1, 0.15) is 11.6 Å². The van der Waals surface area contributed by atoms with Gasteiger partial charge < -0.3 is 9.80 Å². The molecule has 1 saturated heterocycles. The number of rotatable bonds is 4. The molecule has 5 nitrogen and oxygen atoms in total. The molecule has 0 saturated carbocycles. The third kappa shape index (κ3) is 5.30. The summed E-state index contributed by atoms with van der Waals surface area (Å²) in [5.41, 5.74) is 4.02. The minimum absolute atomic E-state index is 0.0794. The number of aromatic nitrogens is 2. The van der Waals surface area contributed by atoms with Gasteiger partial charge in [-0.05, 0) is 62.2 Å². The van der Waals surface area contributed by atoms with Crippen molar-refractivity contribution in [2.24, 2.45) is 0 Å². The molecule has 4 rings (SSSR count). The van der Waals surface area contributed by atoms with Crippen molar-refractivity contribution in [3.8, 4) is 0 Å². The topological polar surface area (TPSA) is 49.3 Å². The van der Waals surface area contributed by atoms with E-state index in [0.717, 1.165) is 70.4 Å². The molecule has 7 heteroatoms. The molecule has 2 aromatic carbocycles. The van der Waals surface area contributed by atoms with E-state index in [4.69, 9.17) is 16.6 Å². The highest BCUT2D eigenvalue weighted by Crippen LogP contribution is 2.26. The molecule has 0 spiro atoms. The van der Waals surface area contributed by atoms with E-state index in [0.29, 0.717) is 6.54 Å². The van der Waals surface area contributed by atoms with Gasteiger partial charge in [0, 0.05) is 58.9 Å². The summed E-state index contributed by atoms with van der Waals surface area (Å²) in [6, 6.07) is 15.5. The van der Waals surface area contributed by atoms with Crippen molar-refractivity contribution >= 4 is 39.3 Å². The number of halogens is 2. The quantitative estimate of drug-likeness (QED) is 0.465. The van der Waals surface area contributed by atoms with E-state index in [1.54, 1.807) is 0 Å². The molecule has 32 heavy (non-hydrogen) atoms. The molecule has 0 aliphatic carbocycles. The fraction of sp³-hybridized carbons (Fsp3) is 0.320. The standard InChI is InChI=1S/C25H26BrClN4O/c1-17-23(16-19-4-10-22(27)11-5-19)24(29-18(2)28-17)30-12-3-13-31(15-14-30)25(32)20-6-8-21(26)9-7-20/h4-11H,3,12-16H2,1-2H3. The Bertz CT molecular complexity index is 1100. The fourth-order valence-corrected chi connectivity index (χ4v) is 4.49. The Morgan fingerprint density at radius 2 is 1.69 bits per heavy atom. The highest BCUT2D eigenvalue weighted by molar-refractivity contribution is 9.10. The number of aryl methyl sites for hydroxylation is 2. The normalized spacial score (nSPS) is 14.4. The van der Waals surface area contributed by atoms with Gasteiger partial charge in [-0.2, -0.15) is 0 Å². The van der Waals surface area contributed by atoms with Gasteiger partial charge in [0.15, 0.2) is 0 Å². The van der Waals surface area contributed by atoms with Crippen molar-refractivity contribution < 1.29 is 4.79 Å². The number of hydrogen-bond acceptors (Lipinski definition) is 4. The molecule has 0 radical (unpaired) electrons. The van der Waals surface area contributed by atoms with E-state index in [-0.39, 0.29) is 5.91 Å². The molecular weight excluding hydrogens is 488 g/mol. The molecule has 1 aliphatic heterocycles. The number of carbonyl (C=O) groups excluding carboxylic acids is 1. The second-order valence-corrected chi connectivity index (χ2v) is 9.45. The van der Waals surface area contributed by atoms with E-state index in [9.17, 15) is 4.79 Å². The highest BCUT2D eigenvalue weighted by atomic mass is 79.9. The van der Waals surface area contributed by atoms with Crippen LogP contribution in [-0.2, 0) is 6.42 Å². The lowest BCUT2D eigenvalue weighted by atomic mass is 10.0. The largest absolute Gasteiger partial charge is 0.354 e. The molecule has 0 N–H and O–H groups in total. The minimum Gasteiger partial charge on any atom is -0.354 e. The maximum atomic E-state index is 13.0. The van der Waals surface area contributed by atoms with E-state index in [1.807, 2.05) is 67.3 Å². The Balaban J connectivity index is 1.55. The first-order chi connectivity index (χ1) is 15.4. The summed E-state index contributed by atoms with van der Waals surface area (Å²) in [5.74, 6) is 1.82. The second-order valence-electron chi connectivity index (χ2n) is 8.10. The zero-order valence-corrected chi connectivity index (χ0v) is 20.7. The summed E-state index contributed by atoms with van der Waals surface area (Å²) < 4.78 is 0.971. The summed E-state index contributed by atoms with van der Waals surface area (Å²) in [6.45, 7) is 6.98. The zero-order valence-electron chi connectivity index (χ0n) is 18.3. The van der Waals surface area contributed by atoms with Crippen molar-refractivity contribution in [3.63, 3.8) is 0 Å².